The third-order valence-electron chi connectivity index (χ3n) is 2.64. The minimum Gasteiger partial charge on any atom is -0.481 e. The van der Waals surface area contributed by atoms with Crippen LogP contribution >= 0.6 is 15.9 Å². The first-order valence-electron chi connectivity index (χ1n) is 5.62. The Morgan fingerprint density at radius 3 is 2.39 bits per heavy atom. The van der Waals surface area contributed by atoms with E-state index in [1.54, 1.807) is 26.0 Å². The number of carboxylic acids is 1. The van der Waals surface area contributed by atoms with Crippen LogP contribution in [0.2, 0.25) is 0 Å². The van der Waals surface area contributed by atoms with Crippen LogP contribution in [0.4, 0.5) is 5.69 Å². The van der Waals surface area contributed by atoms with Gasteiger partial charge in [0, 0.05) is 10.2 Å². The Balaban J connectivity index is 2.86. The van der Waals surface area contributed by atoms with Crippen LogP contribution < -0.4 is 5.32 Å². The van der Waals surface area contributed by atoms with Gasteiger partial charge in [-0.3, -0.25) is 9.59 Å². The van der Waals surface area contributed by atoms with Crippen LogP contribution in [0.1, 0.15) is 19.4 Å². The van der Waals surface area contributed by atoms with Crippen LogP contribution in [-0.2, 0) is 9.59 Å². The van der Waals surface area contributed by atoms with Crippen LogP contribution in [-0.4, -0.2) is 17.0 Å². The number of amides is 1. The Hall–Kier alpha value is -1.36. The molecule has 0 saturated heterocycles. The Morgan fingerprint density at radius 2 is 1.94 bits per heavy atom. The summed E-state index contributed by atoms with van der Waals surface area (Å²) in [6, 6.07) is 5.34. The van der Waals surface area contributed by atoms with E-state index in [-0.39, 0.29) is 5.92 Å². The summed E-state index contributed by atoms with van der Waals surface area (Å²) in [5.74, 6) is -2.87. The van der Waals surface area contributed by atoms with Crippen molar-refractivity contribution in [3.8, 4) is 0 Å². The van der Waals surface area contributed by atoms with Crippen LogP contribution in [0, 0.1) is 18.8 Å². The molecule has 18 heavy (non-hydrogen) atoms. The molecule has 1 rings (SSSR count). The molecule has 2 N–H and O–H groups in total. The van der Waals surface area contributed by atoms with Crippen LogP contribution in [0.25, 0.3) is 0 Å². The highest BCUT2D eigenvalue weighted by Gasteiger charge is 2.29. The maximum atomic E-state index is 11.9. The molecule has 0 aromatic heterocycles. The van der Waals surface area contributed by atoms with Gasteiger partial charge in [-0.05, 0) is 36.6 Å². The molecule has 1 unspecified atom stereocenters. The number of anilines is 1. The van der Waals surface area contributed by atoms with Crippen molar-refractivity contribution in [3.63, 3.8) is 0 Å². The monoisotopic (exact) mass is 313 g/mol. The topological polar surface area (TPSA) is 66.4 Å². The molecule has 0 bridgehead atoms. The predicted molar refractivity (Wildman–Crippen MR) is 73.5 cm³/mol. The molecule has 1 aromatic carbocycles. The standard InChI is InChI=1S/C13H16BrNO3/c1-7(2)11(13(17)18)12(16)15-9-4-5-10(14)8(3)6-9/h4-7,11H,1-3H3,(H,15,16)(H,17,18). The lowest BCUT2D eigenvalue weighted by Gasteiger charge is -2.16. The third-order valence-corrected chi connectivity index (χ3v) is 3.53. The van der Waals surface area contributed by atoms with E-state index in [4.69, 9.17) is 5.11 Å². The number of aliphatic carboxylic acids is 1. The molecule has 4 nitrogen and oxygen atoms in total. The molecule has 0 spiro atoms. The first kappa shape index (κ1) is 14.7. The minimum atomic E-state index is -1.10. The lowest BCUT2D eigenvalue weighted by molar-refractivity contribution is -0.147. The number of carboxylic acid groups (broad SMARTS) is 1. The molecule has 1 atom stereocenters. The number of hydrogen-bond donors (Lipinski definition) is 2. The molecule has 0 fully saturated rings. The second-order valence-corrected chi connectivity index (χ2v) is 5.37. The van der Waals surface area contributed by atoms with Gasteiger partial charge in [0.15, 0.2) is 0 Å². The van der Waals surface area contributed by atoms with E-state index in [0.717, 1.165) is 10.0 Å². The second kappa shape index (κ2) is 6.00. The van der Waals surface area contributed by atoms with Crippen LogP contribution in [0.5, 0.6) is 0 Å². The van der Waals surface area contributed by atoms with Gasteiger partial charge in [0.25, 0.3) is 0 Å². The first-order chi connectivity index (χ1) is 8.32. The summed E-state index contributed by atoms with van der Waals surface area (Å²) in [6.07, 6.45) is 0. The molecule has 0 heterocycles. The number of benzene rings is 1. The van der Waals surface area contributed by atoms with Gasteiger partial charge in [-0.25, -0.2) is 0 Å². The van der Waals surface area contributed by atoms with E-state index in [1.807, 2.05) is 13.0 Å². The van der Waals surface area contributed by atoms with Gasteiger partial charge in [0.1, 0.15) is 5.92 Å². The summed E-state index contributed by atoms with van der Waals surface area (Å²) in [4.78, 5) is 22.9. The number of rotatable bonds is 4. The molecule has 5 heteroatoms. The zero-order valence-corrected chi connectivity index (χ0v) is 12.1. The predicted octanol–water partition coefficient (Wildman–Crippen LogP) is 3.05. The average molecular weight is 314 g/mol. The summed E-state index contributed by atoms with van der Waals surface area (Å²) < 4.78 is 0.944. The Kier molecular flexibility index (Phi) is 4.90. The van der Waals surface area contributed by atoms with Crippen molar-refractivity contribution in [1.82, 2.24) is 0 Å². The normalized spacial score (nSPS) is 12.3. The fourth-order valence-corrected chi connectivity index (χ4v) is 1.89. The highest BCUT2D eigenvalue weighted by Crippen LogP contribution is 2.21. The molecule has 1 aromatic rings. The van der Waals surface area contributed by atoms with E-state index in [9.17, 15) is 9.59 Å². The molecule has 0 aliphatic rings. The minimum absolute atomic E-state index is 0.251. The third kappa shape index (κ3) is 3.57. The van der Waals surface area contributed by atoms with Crippen molar-refractivity contribution < 1.29 is 14.7 Å². The number of halogens is 1. The van der Waals surface area contributed by atoms with Crippen molar-refractivity contribution in [2.45, 2.75) is 20.8 Å². The molecule has 0 saturated carbocycles. The molecular formula is C13H16BrNO3. The fourth-order valence-electron chi connectivity index (χ4n) is 1.64. The number of carbonyl (C=O) groups excluding carboxylic acids is 1. The summed E-state index contributed by atoms with van der Waals surface area (Å²) >= 11 is 3.36. The van der Waals surface area contributed by atoms with E-state index in [1.165, 1.54) is 0 Å². The first-order valence-corrected chi connectivity index (χ1v) is 6.42. The van der Waals surface area contributed by atoms with E-state index in [2.05, 4.69) is 21.2 Å². The largest absolute Gasteiger partial charge is 0.481 e. The number of aryl methyl sites for hydroxylation is 1. The van der Waals surface area contributed by atoms with Crippen LogP contribution in [0.3, 0.4) is 0 Å². The van der Waals surface area contributed by atoms with Gasteiger partial charge < -0.3 is 10.4 Å². The van der Waals surface area contributed by atoms with Gasteiger partial charge in [-0.2, -0.15) is 0 Å². The molecule has 0 aliphatic heterocycles. The molecule has 98 valence electrons. The van der Waals surface area contributed by atoms with Crippen molar-refractivity contribution in [2.75, 3.05) is 5.32 Å². The highest BCUT2D eigenvalue weighted by atomic mass is 79.9. The maximum absolute atomic E-state index is 11.9. The lowest BCUT2D eigenvalue weighted by Crippen LogP contribution is -2.33. The van der Waals surface area contributed by atoms with Gasteiger partial charge in [-0.15, -0.1) is 0 Å². The molecular weight excluding hydrogens is 298 g/mol. The zero-order valence-electron chi connectivity index (χ0n) is 10.5. The Morgan fingerprint density at radius 1 is 1.33 bits per heavy atom. The molecule has 0 radical (unpaired) electrons. The molecule has 1 amide bonds. The van der Waals surface area contributed by atoms with Crippen LogP contribution in [0.15, 0.2) is 22.7 Å². The number of carbonyl (C=O) groups is 2. The molecule has 0 aliphatic carbocycles. The average Bonchev–Trinajstić information content (AvgIpc) is 2.22. The summed E-state index contributed by atoms with van der Waals surface area (Å²) in [6.45, 7) is 5.33. The van der Waals surface area contributed by atoms with E-state index < -0.39 is 17.8 Å². The highest BCUT2D eigenvalue weighted by molar-refractivity contribution is 9.10. The fraction of sp³-hybridized carbons (Fsp3) is 0.385. The van der Waals surface area contributed by atoms with Gasteiger partial charge in [0.05, 0.1) is 0 Å². The summed E-state index contributed by atoms with van der Waals surface area (Å²) in [7, 11) is 0. The van der Waals surface area contributed by atoms with E-state index in [0.29, 0.717) is 5.69 Å². The smallest absolute Gasteiger partial charge is 0.316 e. The Bertz CT molecular complexity index is 471. The zero-order chi connectivity index (χ0) is 13.9. The SMILES string of the molecule is Cc1cc(NC(=O)C(C(=O)O)C(C)C)ccc1Br. The lowest BCUT2D eigenvalue weighted by atomic mass is 9.95. The second-order valence-electron chi connectivity index (χ2n) is 4.51. The van der Waals surface area contributed by atoms with Crippen molar-refractivity contribution in [2.24, 2.45) is 11.8 Å². The summed E-state index contributed by atoms with van der Waals surface area (Å²) in [5, 5.41) is 11.7. The van der Waals surface area contributed by atoms with Crippen molar-refractivity contribution >= 4 is 33.5 Å². The van der Waals surface area contributed by atoms with Gasteiger partial charge >= 0.3 is 5.97 Å². The number of nitrogens with one attached hydrogen (secondary N) is 1. The van der Waals surface area contributed by atoms with Crippen molar-refractivity contribution in [3.05, 3.63) is 28.2 Å². The summed E-state index contributed by atoms with van der Waals surface area (Å²) in [5.41, 5.74) is 1.58. The van der Waals surface area contributed by atoms with Gasteiger partial charge in [0.2, 0.25) is 5.91 Å². The maximum Gasteiger partial charge on any atom is 0.316 e. The van der Waals surface area contributed by atoms with E-state index >= 15 is 0 Å². The number of hydrogen-bond acceptors (Lipinski definition) is 2. The Labute approximate surface area is 115 Å². The quantitative estimate of drug-likeness (QED) is 0.840. The van der Waals surface area contributed by atoms with Crippen molar-refractivity contribution in [1.29, 1.82) is 0 Å². The van der Waals surface area contributed by atoms with Gasteiger partial charge in [-0.1, -0.05) is 29.8 Å².